The average molecular weight is 277 g/mol. The van der Waals surface area contributed by atoms with Crippen LogP contribution in [0.5, 0.6) is 0 Å². The fourth-order valence-electron chi connectivity index (χ4n) is 2.13. The first-order chi connectivity index (χ1) is 9.22. The highest BCUT2D eigenvalue weighted by Crippen LogP contribution is 2.52. The van der Waals surface area contributed by atoms with E-state index >= 15 is 0 Å². The zero-order valence-electron chi connectivity index (χ0n) is 10.7. The second-order valence-corrected chi connectivity index (χ2v) is 5.95. The molecule has 0 aromatic carbocycles. The summed E-state index contributed by atoms with van der Waals surface area (Å²) in [6, 6.07) is 3.80. The number of carbonyl (C=O) groups is 1. The van der Waals surface area contributed by atoms with Crippen LogP contribution in [0.3, 0.4) is 0 Å². The Balaban J connectivity index is 1.69. The van der Waals surface area contributed by atoms with Crippen LogP contribution >= 0.6 is 11.8 Å². The van der Waals surface area contributed by atoms with Crippen LogP contribution in [0.4, 0.5) is 0 Å². The molecule has 0 atom stereocenters. The molecule has 2 heterocycles. The van der Waals surface area contributed by atoms with Crippen LogP contribution in [0.25, 0.3) is 11.0 Å². The molecule has 3 rings (SSSR count). The van der Waals surface area contributed by atoms with Gasteiger partial charge in [0.1, 0.15) is 10.6 Å². The maximum atomic E-state index is 11.4. The third kappa shape index (κ3) is 2.61. The Morgan fingerprint density at radius 1 is 1.53 bits per heavy atom. The fourth-order valence-corrected chi connectivity index (χ4v) is 3.43. The number of aromatic nitrogens is 1. The number of hydrogen-bond donors (Lipinski definition) is 0. The number of pyridine rings is 1. The highest BCUT2D eigenvalue weighted by Gasteiger charge is 2.44. The van der Waals surface area contributed by atoms with Gasteiger partial charge in [-0.2, -0.15) is 0 Å². The molecule has 5 heteroatoms. The molecule has 0 amide bonds. The number of esters is 1. The van der Waals surface area contributed by atoms with Gasteiger partial charge in [-0.1, -0.05) is 0 Å². The number of methoxy groups -OCH3 is 1. The number of carbonyl (C=O) groups excluding carboxylic acids is 1. The molecule has 0 aliphatic heterocycles. The molecule has 0 saturated heterocycles. The van der Waals surface area contributed by atoms with Gasteiger partial charge >= 0.3 is 5.97 Å². The second kappa shape index (κ2) is 4.89. The summed E-state index contributed by atoms with van der Waals surface area (Å²) in [7, 11) is 1.44. The van der Waals surface area contributed by atoms with E-state index in [4.69, 9.17) is 9.15 Å². The lowest BCUT2D eigenvalue weighted by Gasteiger charge is -2.12. The zero-order valence-corrected chi connectivity index (χ0v) is 11.5. The summed E-state index contributed by atoms with van der Waals surface area (Å²) in [5.74, 6) is 0.784. The molecule has 1 aliphatic rings. The van der Waals surface area contributed by atoms with Gasteiger partial charge < -0.3 is 9.15 Å². The summed E-state index contributed by atoms with van der Waals surface area (Å²) >= 11 is 1.70. The molecule has 2 aromatic rings. The van der Waals surface area contributed by atoms with E-state index in [1.165, 1.54) is 7.11 Å². The normalized spacial score (nSPS) is 16.5. The zero-order chi connectivity index (χ0) is 13.3. The smallest absolute Gasteiger partial charge is 0.306 e. The SMILES string of the molecule is COC(=O)CC1(CSc2nccc3occc23)CC1. The Hall–Kier alpha value is -1.49. The van der Waals surface area contributed by atoms with Crippen LogP contribution < -0.4 is 0 Å². The van der Waals surface area contributed by atoms with E-state index in [9.17, 15) is 4.79 Å². The molecule has 0 radical (unpaired) electrons. The summed E-state index contributed by atoms with van der Waals surface area (Å²) in [6.07, 6.45) is 6.14. The molecule has 0 bridgehead atoms. The molecular weight excluding hydrogens is 262 g/mol. The molecule has 0 unspecified atom stereocenters. The third-order valence-electron chi connectivity index (χ3n) is 3.56. The van der Waals surface area contributed by atoms with Crippen LogP contribution in [0.1, 0.15) is 19.3 Å². The molecule has 19 heavy (non-hydrogen) atoms. The molecule has 0 spiro atoms. The van der Waals surface area contributed by atoms with Crippen molar-refractivity contribution in [3.8, 4) is 0 Å². The van der Waals surface area contributed by atoms with Gasteiger partial charge in [-0.15, -0.1) is 11.8 Å². The average Bonchev–Trinajstić information content (AvgIpc) is 3.01. The molecule has 1 aliphatic carbocycles. The molecule has 1 fully saturated rings. The van der Waals surface area contributed by atoms with Gasteiger partial charge in [-0.25, -0.2) is 4.98 Å². The Morgan fingerprint density at radius 2 is 2.37 bits per heavy atom. The minimum atomic E-state index is -0.118. The minimum Gasteiger partial charge on any atom is -0.469 e. The lowest BCUT2D eigenvalue weighted by atomic mass is 10.1. The molecule has 2 aromatic heterocycles. The van der Waals surface area contributed by atoms with E-state index in [1.54, 1.807) is 24.2 Å². The van der Waals surface area contributed by atoms with Crippen molar-refractivity contribution in [2.24, 2.45) is 5.41 Å². The first-order valence-corrected chi connectivity index (χ1v) is 7.23. The quantitative estimate of drug-likeness (QED) is 0.620. The Morgan fingerprint density at radius 3 is 3.11 bits per heavy atom. The van der Waals surface area contributed by atoms with Crippen molar-refractivity contribution in [1.29, 1.82) is 0 Å². The highest BCUT2D eigenvalue weighted by molar-refractivity contribution is 7.99. The van der Waals surface area contributed by atoms with Gasteiger partial charge in [0.25, 0.3) is 0 Å². The first kappa shape index (κ1) is 12.5. The van der Waals surface area contributed by atoms with Crippen LogP contribution in [0, 0.1) is 5.41 Å². The molecule has 4 nitrogen and oxygen atoms in total. The van der Waals surface area contributed by atoms with Gasteiger partial charge in [-0.05, 0) is 30.4 Å². The monoisotopic (exact) mass is 277 g/mol. The maximum Gasteiger partial charge on any atom is 0.306 e. The predicted molar refractivity (Wildman–Crippen MR) is 73.0 cm³/mol. The van der Waals surface area contributed by atoms with Crippen molar-refractivity contribution in [2.75, 3.05) is 12.9 Å². The Kier molecular flexibility index (Phi) is 3.22. The van der Waals surface area contributed by atoms with Gasteiger partial charge in [-0.3, -0.25) is 4.79 Å². The molecular formula is C14H15NO3S. The topological polar surface area (TPSA) is 52.3 Å². The Labute approximate surface area is 115 Å². The number of fused-ring (bicyclic) bond motifs is 1. The van der Waals surface area contributed by atoms with Crippen LogP contribution in [0.15, 0.2) is 34.0 Å². The molecule has 1 saturated carbocycles. The Bertz CT molecular complexity index is 604. The summed E-state index contributed by atoms with van der Waals surface area (Å²) < 4.78 is 10.1. The number of nitrogens with zero attached hydrogens (tertiary/aromatic N) is 1. The van der Waals surface area contributed by atoms with Crippen molar-refractivity contribution < 1.29 is 13.9 Å². The minimum absolute atomic E-state index is 0.116. The lowest BCUT2D eigenvalue weighted by molar-refractivity contribution is -0.141. The summed E-state index contributed by atoms with van der Waals surface area (Å²) in [5.41, 5.74) is 0.973. The molecule has 0 N–H and O–H groups in total. The van der Waals surface area contributed by atoms with E-state index in [-0.39, 0.29) is 11.4 Å². The number of thioether (sulfide) groups is 1. The van der Waals surface area contributed by atoms with Crippen molar-refractivity contribution in [2.45, 2.75) is 24.3 Å². The molecule has 100 valence electrons. The predicted octanol–water partition coefficient (Wildman–Crippen LogP) is 3.26. The number of rotatable bonds is 5. The van der Waals surface area contributed by atoms with Crippen LogP contribution in [-0.4, -0.2) is 23.8 Å². The van der Waals surface area contributed by atoms with Crippen molar-refractivity contribution >= 4 is 28.7 Å². The maximum absolute atomic E-state index is 11.4. The van der Waals surface area contributed by atoms with Crippen molar-refractivity contribution in [3.05, 3.63) is 24.6 Å². The van der Waals surface area contributed by atoms with Crippen molar-refractivity contribution in [3.63, 3.8) is 0 Å². The largest absolute Gasteiger partial charge is 0.469 e. The van der Waals surface area contributed by atoms with Crippen molar-refractivity contribution in [1.82, 2.24) is 4.98 Å². The standard InChI is InChI=1S/C14H15NO3S/c1-17-12(16)8-14(4-5-14)9-19-13-10-3-7-18-11(10)2-6-15-13/h2-3,6-7H,4-5,8-9H2,1H3. The summed E-state index contributed by atoms with van der Waals surface area (Å²) in [6.45, 7) is 0. The van der Waals surface area contributed by atoms with E-state index < -0.39 is 0 Å². The van der Waals surface area contributed by atoms with Gasteiger partial charge in [0, 0.05) is 11.9 Å². The van der Waals surface area contributed by atoms with E-state index in [1.807, 2.05) is 12.1 Å². The number of furan rings is 1. The third-order valence-corrected chi connectivity index (χ3v) is 4.92. The summed E-state index contributed by atoms with van der Waals surface area (Å²) in [4.78, 5) is 15.8. The lowest BCUT2D eigenvalue weighted by Crippen LogP contribution is -2.13. The van der Waals surface area contributed by atoms with Gasteiger partial charge in [0.2, 0.25) is 0 Å². The second-order valence-electron chi connectivity index (χ2n) is 4.99. The van der Waals surface area contributed by atoms with E-state index in [2.05, 4.69) is 4.98 Å². The fraction of sp³-hybridized carbons (Fsp3) is 0.429. The first-order valence-electron chi connectivity index (χ1n) is 6.24. The van der Waals surface area contributed by atoms with Gasteiger partial charge in [0.15, 0.2) is 0 Å². The summed E-state index contributed by atoms with van der Waals surface area (Å²) in [5, 5.41) is 2.02. The van der Waals surface area contributed by atoms with E-state index in [0.717, 1.165) is 34.6 Å². The van der Waals surface area contributed by atoms with E-state index in [0.29, 0.717) is 6.42 Å². The number of hydrogen-bond acceptors (Lipinski definition) is 5. The van der Waals surface area contributed by atoms with Crippen LogP contribution in [0.2, 0.25) is 0 Å². The van der Waals surface area contributed by atoms with Gasteiger partial charge in [0.05, 0.1) is 25.2 Å². The van der Waals surface area contributed by atoms with Crippen LogP contribution in [-0.2, 0) is 9.53 Å². The highest BCUT2D eigenvalue weighted by atomic mass is 32.2. The number of ether oxygens (including phenoxy) is 1.